The zero-order valence-corrected chi connectivity index (χ0v) is 25.9. The number of aliphatic carboxylic acids is 1. The van der Waals surface area contributed by atoms with E-state index in [-0.39, 0.29) is 54.4 Å². The minimum atomic E-state index is -1.54. The number of amides is 3. The van der Waals surface area contributed by atoms with Gasteiger partial charge in [-0.05, 0) is 43.9 Å². The first-order chi connectivity index (χ1) is 20.5. The summed E-state index contributed by atoms with van der Waals surface area (Å²) >= 11 is 1.16. The zero-order chi connectivity index (χ0) is 32.4. The van der Waals surface area contributed by atoms with E-state index in [1.165, 1.54) is 30.0 Å². The van der Waals surface area contributed by atoms with E-state index >= 15 is 0 Å². The lowest BCUT2D eigenvalue weighted by atomic mass is 9.78. The van der Waals surface area contributed by atoms with Gasteiger partial charge in [0.15, 0.2) is 0 Å². The van der Waals surface area contributed by atoms with E-state index in [0.29, 0.717) is 30.0 Å². The highest BCUT2D eigenvalue weighted by molar-refractivity contribution is 8.03. The molecule has 238 valence electrons. The van der Waals surface area contributed by atoms with Crippen LogP contribution in [0, 0.1) is 10.1 Å². The predicted octanol–water partition coefficient (Wildman–Crippen LogP) is 0.911. The molecule has 15 heteroatoms. The summed E-state index contributed by atoms with van der Waals surface area (Å²) in [5, 5.41) is 33.0. The summed E-state index contributed by atoms with van der Waals surface area (Å²) in [6.45, 7) is 5.48. The van der Waals surface area contributed by atoms with Crippen molar-refractivity contribution in [1.82, 2.24) is 9.80 Å². The van der Waals surface area contributed by atoms with E-state index < -0.39 is 43.9 Å². The van der Waals surface area contributed by atoms with Crippen LogP contribution < -0.4 is 10.8 Å². The molecule has 0 aliphatic carbocycles. The van der Waals surface area contributed by atoms with E-state index in [1.54, 1.807) is 25.8 Å². The first-order valence-corrected chi connectivity index (χ1v) is 15.4. The van der Waals surface area contributed by atoms with Gasteiger partial charge < -0.3 is 35.3 Å². The number of aliphatic hydroxyl groups is 1. The van der Waals surface area contributed by atoms with Crippen molar-refractivity contribution in [2.75, 3.05) is 26.7 Å². The Morgan fingerprint density at radius 1 is 1.25 bits per heavy atom. The Kier molecular flexibility index (Phi) is 8.06. The normalized spacial score (nSPS) is 32.0. The van der Waals surface area contributed by atoms with Crippen LogP contribution >= 0.6 is 11.8 Å². The van der Waals surface area contributed by atoms with E-state index in [0.717, 1.165) is 24.6 Å². The van der Waals surface area contributed by atoms with Crippen molar-refractivity contribution in [2.45, 2.75) is 81.5 Å². The highest BCUT2D eigenvalue weighted by Crippen LogP contribution is 2.53. The van der Waals surface area contributed by atoms with Gasteiger partial charge in [-0.1, -0.05) is 0 Å². The van der Waals surface area contributed by atoms with Gasteiger partial charge in [0.25, 0.3) is 11.6 Å². The summed E-state index contributed by atoms with van der Waals surface area (Å²) < 4.78 is 5.24. The van der Waals surface area contributed by atoms with Gasteiger partial charge >= 0.3 is 6.09 Å². The molecule has 6 atom stereocenters. The number of likely N-dealkylation sites (N-methyl/N-ethyl adjacent to an activating group) is 1. The Hall–Kier alpha value is -3.53. The van der Waals surface area contributed by atoms with Crippen molar-refractivity contribution in [1.29, 1.82) is 0 Å². The SMILES string of the molecule is CC(O)c1cc([N+](=O)[O-])ccc1COC(=O)[N@+]1(C)C[C@H](SC2=C(C(=O)[O-])N3C(=O)C[C@H]3C2)[C@@](C)(N)[C@@]1(C)C(=O)N1CCCC1. The number of nitro groups is 1. The third kappa shape index (κ3) is 4.76. The van der Waals surface area contributed by atoms with Crippen LogP contribution in [0.15, 0.2) is 28.8 Å². The molecule has 4 aliphatic rings. The van der Waals surface area contributed by atoms with Crippen LogP contribution in [0.25, 0.3) is 0 Å². The fourth-order valence-corrected chi connectivity index (χ4v) is 8.79. The number of nitro benzene ring substituents is 1. The van der Waals surface area contributed by atoms with Crippen LogP contribution in [0.5, 0.6) is 0 Å². The smallest absolute Gasteiger partial charge is 0.517 e. The number of likely N-dealkylation sites (tertiary alicyclic amines) is 2. The summed E-state index contributed by atoms with van der Waals surface area (Å²) in [6, 6.07) is 3.63. The third-order valence-corrected chi connectivity index (χ3v) is 11.6. The summed E-state index contributed by atoms with van der Waals surface area (Å²) in [5.41, 5.74) is 4.35. The Balaban J connectivity index is 1.49. The number of nitrogens with zero attached hydrogens (tertiary/aromatic N) is 4. The minimum Gasteiger partial charge on any atom is -0.543 e. The number of carbonyl (C=O) groups is 4. The maximum absolute atomic E-state index is 14.3. The second-order valence-corrected chi connectivity index (χ2v) is 13.9. The van der Waals surface area contributed by atoms with Crippen LogP contribution in [0.3, 0.4) is 0 Å². The first-order valence-electron chi connectivity index (χ1n) is 14.5. The number of aliphatic hydroxyl groups excluding tert-OH is 1. The molecule has 0 saturated carbocycles. The summed E-state index contributed by atoms with van der Waals surface area (Å²) in [5.74, 6) is -2.08. The topological polar surface area (TPSA) is 196 Å². The molecule has 44 heavy (non-hydrogen) atoms. The Bertz CT molecular complexity index is 1470. The van der Waals surface area contributed by atoms with Crippen molar-refractivity contribution in [3.8, 4) is 0 Å². The second kappa shape index (κ2) is 11.1. The number of carbonyl (C=O) groups excluding carboxylic acids is 4. The number of quaternary nitrogens is 1. The number of ether oxygens (including phenoxy) is 1. The molecule has 14 nitrogen and oxygen atoms in total. The van der Waals surface area contributed by atoms with Gasteiger partial charge in [0.2, 0.25) is 11.4 Å². The third-order valence-electron chi connectivity index (χ3n) is 10.0. The van der Waals surface area contributed by atoms with Crippen molar-refractivity contribution in [2.24, 2.45) is 5.73 Å². The molecule has 0 bridgehead atoms. The maximum Gasteiger partial charge on any atom is 0.517 e. The van der Waals surface area contributed by atoms with Crippen LogP contribution in [0.2, 0.25) is 0 Å². The number of hydrogen-bond acceptors (Lipinski definition) is 11. The molecule has 0 spiro atoms. The molecular formula is C29H37N5O9S. The monoisotopic (exact) mass is 631 g/mol. The van der Waals surface area contributed by atoms with Crippen LogP contribution in [0.1, 0.15) is 63.7 Å². The standard InChI is InChI=1S/C29H37N5O9S/c1-16(35)20-11-18(33(41)42)8-7-17(20)15-43-27(40)34(4)14-22(28(2,30)29(34,3)26(39)31-9-5-6-10-31)44-21-12-19-13-23(36)32(19)24(21)25(37)38/h7-8,11,16,19,22,35H,5-6,9-10,12-15,30H2,1-4H3/t16?,19-,22+,28-,29-,34+/m1/s1. The van der Waals surface area contributed by atoms with Gasteiger partial charge in [0, 0.05) is 49.9 Å². The maximum atomic E-state index is 14.3. The molecule has 5 rings (SSSR count). The lowest BCUT2D eigenvalue weighted by molar-refractivity contribution is -0.867. The summed E-state index contributed by atoms with van der Waals surface area (Å²) in [4.78, 5) is 66.7. The average Bonchev–Trinajstić information content (AvgIpc) is 3.63. The highest BCUT2D eigenvalue weighted by Gasteiger charge is 2.74. The molecule has 1 aromatic rings. The van der Waals surface area contributed by atoms with E-state index in [9.17, 15) is 39.5 Å². The molecule has 1 aromatic carbocycles. The highest BCUT2D eigenvalue weighted by atomic mass is 32.2. The van der Waals surface area contributed by atoms with E-state index in [1.807, 2.05) is 0 Å². The van der Waals surface area contributed by atoms with Gasteiger partial charge in [-0.15, -0.1) is 11.8 Å². The second-order valence-electron chi connectivity index (χ2n) is 12.6. The number of carboxylic acids is 1. The molecule has 1 unspecified atom stereocenters. The number of carboxylic acid groups (broad SMARTS) is 1. The number of β-lactam (4-membered cyclic amide) rings is 1. The van der Waals surface area contributed by atoms with Crippen molar-refractivity contribution < 1.29 is 43.5 Å². The number of thioether (sulfide) groups is 1. The molecule has 3 saturated heterocycles. The predicted molar refractivity (Wildman–Crippen MR) is 155 cm³/mol. The van der Waals surface area contributed by atoms with E-state index in [4.69, 9.17) is 10.5 Å². The lowest BCUT2D eigenvalue weighted by Crippen LogP contribution is -2.75. The van der Waals surface area contributed by atoms with Gasteiger partial charge in [-0.25, -0.2) is 4.48 Å². The van der Waals surface area contributed by atoms with Gasteiger partial charge in [0.1, 0.15) is 13.2 Å². The largest absolute Gasteiger partial charge is 0.543 e. The molecule has 3 N–H and O–H groups in total. The molecule has 4 aliphatic heterocycles. The molecule has 3 amide bonds. The quantitative estimate of drug-likeness (QED) is 0.179. The molecule has 0 aromatic heterocycles. The number of fused-ring (bicyclic) bond motifs is 1. The van der Waals surface area contributed by atoms with Gasteiger partial charge in [-0.3, -0.25) is 19.7 Å². The molecule has 0 radical (unpaired) electrons. The zero-order valence-electron chi connectivity index (χ0n) is 25.1. The lowest BCUT2D eigenvalue weighted by Gasteiger charge is -2.46. The van der Waals surface area contributed by atoms with Crippen molar-refractivity contribution in [3.05, 3.63) is 50.0 Å². The molecular weight excluding hydrogens is 594 g/mol. The van der Waals surface area contributed by atoms with E-state index in [2.05, 4.69) is 0 Å². The first kappa shape index (κ1) is 31.9. The molecule has 4 heterocycles. The minimum absolute atomic E-state index is 0.0124. The van der Waals surface area contributed by atoms with Crippen LogP contribution in [-0.2, 0) is 25.7 Å². The molecule has 3 fully saturated rings. The van der Waals surface area contributed by atoms with Gasteiger partial charge in [-0.2, -0.15) is 4.79 Å². The Morgan fingerprint density at radius 3 is 2.48 bits per heavy atom. The number of hydrogen-bond donors (Lipinski definition) is 2. The fraction of sp³-hybridized carbons (Fsp3) is 0.586. The summed E-state index contributed by atoms with van der Waals surface area (Å²) in [6.07, 6.45) is 0.322. The Labute approximate surface area is 258 Å². The van der Waals surface area contributed by atoms with Crippen LogP contribution in [-0.4, -0.2) is 97.2 Å². The van der Waals surface area contributed by atoms with Gasteiger partial charge in [0.05, 0.1) is 46.6 Å². The average molecular weight is 632 g/mol. The van der Waals surface area contributed by atoms with Crippen LogP contribution in [0.4, 0.5) is 10.5 Å². The van der Waals surface area contributed by atoms with Crippen molar-refractivity contribution in [3.63, 3.8) is 0 Å². The summed E-state index contributed by atoms with van der Waals surface area (Å²) in [7, 11) is 1.58. The number of rotatable bonds is 8. The number of benzene rings is 1. The number of non-ortho nitro benzene ring substituents is 1. The Morgan fingerprint density at radius 2 is 1.91 bits per heavy atom. The van der Waals surface area contributed by atoms with Crippen molar-refractivity contribution >= 4 is 41.3 Å². The fourth-order valence-electron chi connectivity index (χ4n) is 7.02. The number of nitrogens with two attached hydrogens (primary N) is 1.